The Hall–Kier alpha value is -3.15. The first-order valence-electron chi connectivity index (χ1n) is 8.37. The number of hydrogen-bond acceptors (Lipinski definition) is 3. The number of hydrogen-bond donors (Lipinski definition) is 2. The van der Waals surface area contributed by atoms with Gasteiger partial charge in [-0.3, -0.25) is 4.79 Å². The largest absolute Gasteiger partial charge is 0.376 e. The van der Waals surface area contributed by atoms with E-state index < -0.39 is 0 Å². The molecule has 0 radical (unpaired) electrons. The molecule has 3 aromatic rings. The Morgan fingerprint density at radius 1 is 1.12 bits per heavy atom. The van der Waals surface area contributed by atoms with Crippen LogP contribution in [-0.4, -0.2) is 22.2 Å². The molecular formula is C20H21FN4O. The van der Waals surface area contributed by atoms with Gasteiger partial charge in [-0.05, 0) is 56.7 Å². The molecule has 0 spiro atoms. The van der Waals surface area contributed by atoms with Crippen LogP contribution in [0, 0.1) is 26.6 Å². The fourth-order valence-corrected chi connectivity index (χ4v) is 2.83. The molecule has 0 unspecified atom stereocenters. The summed E-state index contributed by atoms with van der Waals surface area (Å²) >= 11 is 0. The summed E-state index contributed by atoms with van der Waals surface area (Å²) in [4.78, 5) is 12.3. The zero-order valence-electron chi connectivity index (χ0n) is 15.0. The van der Waals surface area contributed by atoms with Gasteiger partial charge in [-0.1, -0.05) is 18.2 Å². The molecule has 0 bridgehead atoms. The Morgan fingerprint density at radius 3 is 2.54 bits per heavy atom. The molecule has 3 rings (SSSR count). The highest BCUT2D eigenvalue weighted by atomic mass is 19.1. The molecule has 2 aromatic carbocycles. The zero-order valence-corrected chi connectivity index (χ0v) is 15.0. The number of benzene rings is 2. The molecule has 0 aliphatic rings. The van der Waals surface area contributed by atoms with Crippen LogP contribution in [0.15, 0.2) is 48.5 Å². The van der Waals surface area contributed by atoms with Gasteiger partial charge in [0.1, 0.15) is 5.82 Å². The van der Waals surface area contributed by atoms with Gasteiger partial charge in [0.2, 0.25) is 5.91 Å². The first-order chi connectivity index (χ1) is 12.5. The predicted molar refractivity (Wildman–Crippen MR) is 101 cm³/mol. The SMILES string of the molecule is Cc1cc(F)ccc1NCC(=O)Nc1c(C)nn(-c2ccccc2)c1C. The highest BCUT2D eigenvalue weighted by molar-refractivity contribution is 5.95. The van der Waals surface area contributed by atoms with Crippen molar-refractivity contribution < 1.29 is 9.18 Å². The number of carbonyl (C=O) groups excluding carboxylic acids is 1. The standard InChI is InChI=1S/C20H21FN4O/c1-13-11-16(21)9-10-18(13)22-12-19(26)23-20-14(2)24-25(15(20)3)17-7-5-4-6-8-17/h4-11,22H,12H2,1-3H3,(H,23,26). The van der Waals surface area contributed by atoms with Gasteiger partial charge in [0.25, 0.3) is 0 Å². The van der Waals surface area contributed by atoms with E-state index in [4.69, 9.17) is 0 Å². The van der Waals surface area contributed by atoms with E-state index in [1.54, 1.807) is 13.0 Å². The van der Waals surface area contributed by atoms with Gasteiger partial charge in [0.05, 0.1) is 29.3 Å². The maximum atomic E-state index is 13.1. The van der Waals surface area contributed by atoms with Crippen LogP contribution in [0.4, 0.5) is 15.8 Å². The van der Waals surface area contributed by atoms with Crippen LogP contribution in [0.5, 0.6) is 0 Å². The van der Waals surface area contributed by atoms with Gasteiger partial charge in [-0.2, -0.15) is 5.10 Å². The summed E-state index contributed by atoms with van der Waals surface area (Å²) in [6.07, 6.45) is 0. The van der Waals surface area contributed by atoms with Gasteiger partial charge in [0, 0.05) is 5.69 Å². The minimum atomic E-state index is -0.294. The molecule has 0 atom stereocenters. The van der Waals surface area contributed by atoms with Crippen molar-refractivity contribution in [1.29, 1.82) is 0 Å². The lowest BCUT2D eigenvalue weighted by Gasteiger charge is -2.10. The van der Waals surface area contributed by atoms with E-state index in [9.17, 15) is 9.18 Å². The topological polar surface area (TPSA) is 59.0 Å². The van der Waals surface area contributed by atoms with Gasteiger partial charge in [-0.25, -0.2) is 9.07 Å². The van der Waals surface area contributed by atoms with Crippen molar-refractivity contribution in [1.82, 2.24) is 9.78 Å². The molecule has 0 fully saturated rings. The number of nitrogens with one attached hydrogen (secondary N) is 2. The molecular weight excluding hydrogens is 331 g/mol. The number of halogens is 1. The number of carbonyl (C=O) groups is 1. The Labute approximate surface area is 151 Å². The third-order valence-corrected chi connectivity index (χ3v) is 4.18. The van der Waals surface area contributed by atoms with Crippen molar-refractivity contribution in [3.8, 4) is 5.69 Å². The van der Waals surface area contributed by atoms with Crippen molar-refractivity contribution in [3.63, 3.8) is 0 Å². The number of rotatable bonds is 5. The molecule has 0 saturated heterocycles. The summed E-state index contributed by atoms with van der Waals surface area (Å²) in [7, 11) is 0. The zero-order chi connectivity index (χ0) is 18.7. The smallest absolute Gasteiger partial charge is 0.243 e. The Morgan fingerprint density at radius 2 is 1.85 bits per heavy atom. The minimum absolute atomic E-state index is 0.0852. The monoisotopic (exact) mass is 352 g/mol. The Kier molecular flexibility index (Phi) is 5.02. The van der Waals surface area contributed by atoms with E-state index in [2.05, 4.69) is 15.7 Å². The van der Waals surface area contributed by atoms with Crippen LogP contribution in [0.2, 0.25) is 0 Å². The van der Waals surface area contributed by atoms with Gasteiger partial charge in [-0.15, -0.1) is 0 Å². The van der Waals surface area contributed by atoms with E-state index in [-0.39, 0.29) is 18.3 Å². The minimum Gasteiger partial charge on any atom is -0.376 e. The van der Waals surface area contributed by atoms with Crippen molar-refractivity contribution in [2.75, 3.05) is 17.2 Å². The van der Waals surface area contributed by atoms with Gasteiger partial charge >= 0.3 is 0 Å². The highest BCUT2D eigenvalue weighted by Gasteiger charge is 2.15. The second-order valence-electron chi connectivity index (χ2n) is 6.15. The first-order valence-corrected chi connectivity index (χ1v) is 8.37. The van der Waals surface area contributed by atoms with E-state index in [1.165, 1.54) is 12.1 Å². The molecule has 1 heterocycles. The Balaban J connectivity index is 1.71. The third-order valence-electron chi connectivity index (χ3n) is 4.18. The van der Waals surface area contributed by atoms with Crippen molar-refractivity contribution in [2.45, 2.75) is 20.8 Å². The molecule has 26 heavy (non-hydrogen) atoms. The third kappa shape index (κ3) is 3.74. The lowest BCUT2D eigenvalue weighted by atomic mass is 10.2. The van der Waals surface area contributed by atoms with Crippen LogP contribution in [0.1, 0.15) is 17.0 Å². The van der Waals surface area contributed by atoms with Crippen LogP contribution in [0.25, 0.3) is 5.69 Å². The lowest BCUT2D eigenvalue weighted by Crippen LogP contribution is -2.22. The number of amides is 1. The molecule has 0 saturated carbocycles. The molecule has 5 nitrogen and oxygen atoms in total. The Bertz CT molecular complexity index is 934. The number of aryl methyl sites for hydroxylation is 2. The first kappa shape index (κ1) is 17.7. The van der Waals surface area contributed by atoms with Gasteiger partial charge < -0.3 is 10.6 Å². The second kappa shape index (κ2) is 7.39. The van der Waals surface area contributed by atoms with E-state index >= 15 is 0 Å². The van der Waals surface area contributed by atoms with E-state index in [1.807, 2.05) is 48.9 Å². The molecule has 0 aliphatic carbocycles. The summed E-state index contributed by atoms with van der Waals surface area (Å²) in [5, 5.41) is 10.5. The molecule has 0 aliphatic heterocycles. The van der Waals surface area contributed by atoms with Crippen molar-refractivity contribution >= 4 is 17.3 Å². The molecule has 6 heteroatoms. The summed E-state index contributed by atoms with van der Waals surface area (Å²) < 4.78 is 15.0. The van der Waals surface area contributed by atoms with E-state index in [0.29, 0.717) is 5.69 Å². The second-order valence-corrected chi connectivity index (χ2v) is 6.15. The lowest BCUT2D eigenvalue weighted by molar-refractivity contribution is -0.114. The average Bonchev–Trinajstić information content (AvgIpc) is 2.90. The number of nitrogens with zero attached hydrogens (tertiary/aromatic N) is 2. The van der Waals surface area contributed by atoms with Crippen molar-refractivity contribution in [2.24, 2.45) is 0 Å². The maximum absolute atomic E-state index is 13.1. The van der Waals surface area contributed by atoms with Crippen LogP contribution >= 0.6 is 0 Å². The summed E-state index contributed by atoms with van der Waals surface area (Å²) in [6, 6.07) is 14.2. The molecule has 134 valence electrons. The maximum Gasteiger partial charge on any atom is 0.243 e. The van der Waals surface area contributed by atoms with Crippen LogP contribution < -0.4 is 10.6 Å². The van der Waals surface area contributed by atoms with Gasteiger partial charge in [0.15, 0.2) is 0 Å². The predicted octanol–water partition coefficient (Wildman–Crippen LogP) is 3.99. The van der Waals surface area contributed by atoms with Crippen LogP contribution in [-0.2, 0) is 4.79 Å². The van der Waals surface area contributed by atoms with Crippen molar-refractivity contribution in [3.05, 3.63) is 71.3 Å². The average molecular weight is 352 g/mol. The summed E-state index contributed by atoms with van der Waals surface area (Å²) in [5.74, 6) is -0.482. The summed E-state index contributed by atoms with van der Waals surface area (Å²) in [5.41, 5.74) is 4.74. The summed E-state index contributed by atoms with van der Waals surface area (Å²) in [6.45, 7) is 5.66. The fraction of sp³-hybridized carbons (Fsp3) is 0.200. The van der Waals surface area contributed by atoms with Crippen LogP contribution in [0.3, 0.4) is 0 Å². The highest BCUT2D eigenvalue weighted by Crippen LogP contribution is 2.23. The van der Waals surface area contributed by atoms with E-state index in [0.717, 1.165) is 28.3 Å². The molecule has 1 amide bonds. The number of anilines is 2. The normalized spacial score (nSPS) is 10.6. The number of para-hydroxylation sites is 1. The molecule has 1 aromatic heterocycles. The molecule has 2 N–H and O–H groups in total. The fourth-order valence-electron chi connectivity index (χ4n) is 2.83. The number of aromatic nitrogens is 2. The quantitative estimate of drug-likeness (QED) is 0.730.